The third-order valence-electron chi connectivity index (χ3n) is 4.02. The molecule has 0 aliphatic rings. The zero-order valence-electron chi connectivity index (χ0n) is 15.7. The average Bonchev–Trinajstić information content (AvgIpc) is 2.75. The molecule has 0 saturated carbocycles. The Morgan fingerprint density at radius 1 is 0.750 bits per heavy atom. The van der Waals surface area contributed by atoms with Gasteiger partial charge >= 0.3 is 0 Å². The molecule has 0 aromatic heterocycles. The second-order valence-electron chi connectivity index (χ2n) is 6.17. The van der Waals surface area contributed by atoms with Crippen LogP contribution in [-0.4, -0.2) is 11.8 Å². The summed E-state index contributed by atoms with van der Waals surface area (Å²) in [6, 6.07) is 26.4. The largest absolute Gasteiger partial charge is 0.366 e. The average molecular weight is 375 g/mol. The van der Waals surface area contributed by atoms with E-state index in [1.54, 1.807) is 24.3 Å². The highest BCUT2D eigenvalue weighted by molar-refractivity contribution is 5.92. The minimum Gasteiger partial charge on any atom is -0.366 e. The Morgan fingerprint density at radius 3 is 1.82 bits per heavy atom. The third-order valence-corrected chi connectivity index (χ3v) is 4.02. The standard InChI is InChI=1S/C16H18N2O.C7H7NO/c17-12-14-6-9-15(10-7-14)18-16(19)11-8-13-4-2-1-3-5-13;8-7(9)6-4-2-1-3-5-6/h1-7,9-10H,8,11-12,17H2,(H,18,19);1-5H,(H2,8,9). The Balaban J connectivity index is 0.000000261. The van der Waals surface area contributed by atoms with Gasteiger partial charge in [-0.15, -0.1) is 0 Å². The van der Waals surface area contributed by atoms with Crippen molar-refractivity contribution in [1.82, 2.24) is 0 Å². The molecule has 0 aliphatic carbocycles. The monoisotopic (exact) mass is 375 g/mol. The number of nitrogens with two attached hydrogens (primary N) is 2. The molecule has 3 aromatic carbocycles. The number of rotatable bonds is 6. The molecule has 3 aromatic rings. The van der Waals surface area contributed by atoms with Crippen LogP contribution >= 0.6 is 0 Å². The van der Waals surface area contributed by atoms with Gasteiger partial charge in [0.1, 0.15) is 0 Å². The van der Waals surface area contributed by atoms with E-state index in [2.05, 4.69) is 5.32 Å². The van der Waals surface area contributed by atoms with Crippen LogP contribution in [0, 0.1) is 0 Å². The Morgan fingerprint density at radius 2 is 1.32 bits per heavy atom. The van der Waals surface area contributed by atoms with Crippen molar-refractivity contribution in [2.45, 2.75) is 19.4 Å². The highest BCUT2D eigenvalue weighted by Crippen LogP contribution is 2.10. The van der Waals surface area contributed by atoms with E-state index in [-0.39, 0.29) is 11.8 Å². The summed E-state index contributed by atoms with van der Waals surface area (Å²) in [5.74, 6) is -0.347. The maximum Gasteiger partial charge on any atom is 0.248 e. The summed E-state index contributed by atoms with van der Waals surface area (Å²) in [6.07, 6.45) is 1.25. The number of hydrogen-bond donors (Lipinski definition) is 3. The zero-order valence-corrected chi connectivity index (χ0v) is 15.7. The van der Waals surface area contributed by atoms with Crippen molar-refractivity contribution in [3.8, 4) is 0 Å². The second-order valence-corrected chi connectivity index (χ2v) is 6.17. The minimum atomic E-state index is -0.379. The molecule has 0 atom stereocenters. The van der Waals surface area contributed by atoms with Gasteiger partial charge in [0.05, 0.1) is 0 Å². The van der Waals surface area contributed by atoms with E-state index in [0.717, 1.165) is 17.7 Å². The summed E-state index contributed by atoms with van der Waals surface area (Å²) < 4.78 is 0. The maximum atomic E-state index is 11.8. The first-order chi connectivity index (χ1) is 13.6. The number of carbonyl (C=O) groups excluding carboxylic acids is 2. The van der Waals surface area contributed by atoms with Crippen LogP contribution in [0.5, 0.6) is 0 Å². The first kappa shape index (κ1) is 20.9. The Kier molecular flexibility index (Phi) is 8.43. The molecule has 144 valence electrons. The van der Waals surface area contributed by atoms with Crippen molar-refractivity contribution in [2.75, 3.05) is 5.32 Å². The van der Waals surface area contributed by atoms with Gasteiger partial charge in [-0.05, 0) is 41.8 Å². The number of anilines is 1. The summed E-state index contributed by atoms with van der Waals surface area (Å²) >= 11 is 0. The Bertz CT molecular complexity index is 863. The predicted octanol–water partition coefficient (Wildman–Crippen LogP) is 3.50. The molecule has 0 fully saturated rings. The SMILES string of the molecule is NC(=O)c1ccccc1.NCc1ccc(NC(=O)CCc2ccccc2)cc1. The second kappa shape index (κ2) is 11.3. The molecule has 0 spiro atoms. The van der Waals surface area contributed by atoms with Crippen LogP contribution in [0.1, 0.15) is 27.9 Å². The number of primary amides is 1. The zero-order chi connectivity index (χ0) is 20.2. The molecule has 0 heterocycles. The lowest BCUT2D eigenvalue weighted by atomic mass is 10.1. The van der Waals surface area contributed by atoms with Crippen LogP contribution in [-0.2, 0) is 17.8 Å². The van der Waals surface area contributed by atoms with Gasteiger partial charge in [-0.1, -0.05) is 60.7 Å². The fourth-order valence-corrected chi connectivity index (χ4v) is 2.45. The van der Waals surface area contributed by atoms with Crippen LogP contribution in [0.3, 0.4) is 0 Å². The van der Waals surface area contributed by atoms with Gasteiger partial charge in [-0.25, -0.2) is 0 Å². The molecule has 0 bridgehead atoms. The first-order valence-electron chi connectivity index (χ1n) is 9.06. The van der Waals surface area contributed by atoms with Crippen molar-refractivity contribution in [3.05, 3.63) is 102 Å². The number of amides is 2. The van der Waals surface area contributed by atoms with E-state index in [4.69, 9.17) is 11.5 Å². The van der Waals surface area contributed by atoms with Gasteiger partial charge in [0, 0.05) is 24.2 Å². The normalized spacial score (nSPS) is 9.75. The van der Waals surface area contributed by atoms with Crippen LogP contribution in [0.4, 0.5) is 5.69 Å². The molecule has 5 nitrogen and oxygen atoms in total. The lowest BCUT2D eigenvalue weighted by Gasteiger charge is -2.06. The molecule has 0 aliphatic heterocycles. The van der Waals surface area contributed by atoms with E-state index in [1.165, 1.54) is 5.56 Å². The number of carbonyl (C=O) groups is 2. The van der Waals surface area contributed by atoms with Crippen molar-refractivity contribution >= 4 is 17.5 Å². The lowest BCUT2D eigenvalue weighted by molar-refractivity contribution is -0.116. The Hall–Kier alpha value is -3.44. The van der Waals surface area contributed by atoms with Crippen molar-refractivity contribution in [1.29, 1.82) is 0 Å². The molecule has 3 rings (SSSR count). The maximum absolute atomic E-state index is 11.8. The Labute approximate surface area is 165 Å². The molecule has 2 amide bonds. The van der Waals surface area contributed by atoms with Gasteiger partial charge in [-0.3, -0.25) is 9.59 Å². The topological polar surface area (TPSA) is 98.2 Å². The summed E-state index contributed by atoms with van der Waals surface area (Å²) in [7, 11) is 0. The first-order valence-corrected chi connectivity index (χ1v) is 9.06. The van der Waals surface area contributed by atoms with E-state index < -0.39 is 0 Å². The van der Waals surface area contributed by atoms with E-state index in [0.29, 0.717) is 18.5 Å². The molecule has 0 unspecified atom stereocenters. The lowest BCUT2D eigenvalue weighted by Crippen LogP contribution is -2.12. The minimum absolute atomic E-state index is 0.0318. The van der Waals surface area contributed by atoms with Gasteiger partial charge in [-0.2, -0.15) is 0 Å². The van der Waals surface area contributed by atoms with Crippen molar-refractivity contribution in [3.63, 3.8) is 0 Å². The summed E-state index contributed by atoms with van der Waals surface area (Å²) in [5, 5.41) is 2.88. The van der Waals surface area contributed by atoms with Crippen molar-refractivity contribution in [2.24, 2.45) is 11.5 Å². The van der Waals surface area contributed by atoms with Crippen LogP contribution < -0.4 is 16.8 Å². The predicted molar refractivity (Wildman–Crippen MR) is 113 cm³/mol. The smallest absolute Gasteiger partial charge is 0.248 e. The van der Waals surface area contributed by atoms with E-state index in [9.17, 15) is 9.59 Å². The van der Waals surface area contributed by atoms with E-state index >= 15 is 0 Å². The molecule has 28 heavy (non-hydrogen) atoms. The van der Waals surface area contributed by atoms with Gasteiger partial charge < -0.3 is 16.8 Å². The number of nitrogens with one attached hydrogen (secondary N) is 1. The highest BCUT2D eigenvalue weighted by Gasteiger charge is 2.03. The fourth-order valence-electron chi connectivity index (χ4n) is 2.45. The van der Waals surface area contributed by atoms with Gasteiger partial charge in [0.2, 0.25) is 11.8 Å². The molecular weight excluding hydrogens is 350 g/mol. The number of hydrogen-bond acceptors (Lipinski definition) is 3. The molecule has 0 saturated heterocycles. The molecular formula is C23H25N3O2. The highest BCUT2D eigenvalue weighted by atomic mass is 16.1. The van der Waals surface area contributed by atoms with Gasteiger partial charge in [0.25, 0.3) is 0 Å². The third kappa shape index (κ3) is 7.43. The molecule has 5 heteroatoms. The summed E-state index contributed by atoms with van der Waals surface area (Å²) in [5.41, 5.74) is 14.1. The molecule has 0 radical (unpaired) electrons. The quantitative estimate of drug-likeness (QED) is 0.615. The fraction of sp³-hybridized carbons (Fsp3) is 0.130. The van der Waals surface area contributed by atoms with Crippen LogP contribution in [0.25, 0.3) is 0 Å². The summed E-state index contributed by atoms with van der Waals surface area (Å²) in [4.78, 5) is 22.2. The van der Waals surface area contributed by atoms with Crippen LogP contribution in [0.15, 0.2) is 84.9 Å². The molecule has 5 N–H and O–H groups in total. The van der Waals surface area contributed by atoms with Gasteiger partial charge in [0.15, 0.2) is 0 Å². The van der Waals surface area contributed by atoms with E-state index in [1.807, 2.05) is 60.7 Å². The number of benzene rings is 3. The number of aryl methyl sites for hydroxylation is 1. The summed E-state index contributed by atoms with van der Waals surface area (Å²) in [6.45, 7) is 0.516. The van der Waals surface area contributed by atoms with Crippen molar-refractivity contribution < 1.29 is 9.59 Å². The van der Waals surface area contributed by atoms with Crippen LogP contribution in [0.2, 0.25) is 0 Å².